The number of sulfonamides is 1. The summed E-state index contributed by atoms with van der Waals surface area (Å²) >= 11 is 0. The lowest BCUT2D eigenvalue weighted by molar-refractivity contribution is 0.0577. The Morgan fingerprint density at radius 2 is 2.04 bits per heavy atom. The molecule has 2 heterocycles. The van der Waals surface area contributed by atoms with Gasteiger partial charge in [-0.15, -0.1) is 12.4 Å². The van der Waals surface area contributed by atoms with Gasteiger partial charge < -0.3 is 10.1 Å². The molecular formula is C17H24ClN3O3S. The molecule has 0 unspecified atom stereocenters. The molecule has 0 spiro atoms. The number of ether oxygens (including phenoxy) is 1. The van der Waals surface area contributed by atoms with Gasteiger partial charge in [-0.25, -0.2) is 13.1 Å². The summed E-state index contributed by atoms with van der Waals surface area (Å²) in [5.74, 6) is 0. The van der Waals surface area contributed by atoms with Crippen molar-refractivity contribution in [3.63, 3.8) is 0 Å². The topological polar surface area (TPSA) is 80.3 Å². The third-order valence-corrected chi connectivity index (χ3v) is 6.14. The summed E-state index contributed by atoms with van der Waals surface area (Å²) in [6.07, 6.45) is 5.07. The summed E-state index contributed by atoms with van der Waals surface area (Å²) in [5.41, 5.74) is -0.154. The molecule has 6 nitrogen and oxygen atoms in total. The van der Waals surface area contributed by atoms with Crippen molar-refractivity contribution >= 4 is 33.2 Å². The highest BCUT2D eigenvalue weighted by Gasteiger charge is 2.33. The molecule has 2 N–H and O–H groups in total. The van der Waals surface area contributed by atoms with E-state index in [9.17, 15) is 8.42 Å². The predicted octanol–water partition coefficient (Wildman–Crippen LogP) is 1.95. The van der Waals surface area contributed by atoms with Crippen molar-refractivity contribution in [1.82, 2.24) is 15.0 Å². The molecule has 1 fully saturated rings. The minimum absolute atomic E-state index is 0. The number of piperidine rings is 1. The first kappa shape index (κ1) is 20.1. The van der Waals surface area contributed by atoms with Crippen molar-refractivity contribution in [1.29, 1.82) is 0 Å². The molecule has 8 heteroatoms. The van der Waals surface area contributed by atoms with Crippen LogP contribution in [0.15, 0.2) is 41.6 Å². The van der Waals surface area contributed by atoms with Crippen molar-refractivity contribution < 1.29 is 13.2 Å². The van der Waals surface area contributed by atoms with E-state index in [0.29, 0.717) is 23.4 Å². The maximum atomic E-state index is 12.8. The largest absolute Gasteiger partial charge is 0.384 e. The van der Waals surface area contributed by atoms with E-state index < -0.39 is 10.0 Å². The van der Waals surface area contributed by atoms with Gasteiger partial charge >= 0.3 is 0 Å². The average molecular weight is 386 g/mol. The van der Waals surface area contributed by atoms with Gasteiger partial charge in [-0.1, -0.05) is 12.1 Å². The molecule has 0 radical (unpaired) electrons. The van der Waals surface area contributed by atoms with Crippen LogP contribution in [0, 0.1) is 5.41 Å². The second-order valence-corrected chi connectivity index (χ2v) is 8.10. The van der Waals surface area contributed by atoms with Gasteiger partial charge in [0.1, 0.15) is 0 Å². The minimum atomic E-state index is -3.60. The fourth-order valence-electron chi connectivity index (χ4n) is 3.29. The predicted molar refractivity (Wildman–Crippen MR) is 101 cm³/mol. The molecule has 2 aromatic rings. The van der Waals surface area contributed by atoms with E-state index in [-0.39, 0.29) is 17.8 Å². The lowest BCUT2D eigenvalue weighted by Crippen LogP contribution is -2.47. The van der Waals surface area contributed by atoms with Crippen LogP contribution >= 0.6 is 12.4 Å². The number of aromatic nitrogens is 1. The van der Waals surface area contributed by atoms with E-state index in [1.807, 2.05) is 6.07 Å². The lowest BCUT2D eigenvalue weighted by atomic mass is 9.80. The van der Waals surface area contributed by atoms with Crippen LogP contribution in [-0.2, 0) is 14.8 Å². The van der Waals surface area contributed by atoms with E-state index in [1.165, 1.54) is 0 Å². The fraction of sp³-hybridized carbons (Fsp3) is 0.471. The summed E-state index contributed by atoms with van der Waals surface area (Å²) in [6.45, 7) is 2.69. The van der Waals surface area contributed by atoms with Gasteiger partial charge in [0.25, 0.3) is 0 Å². The lowest BCUT2D eigenvalue weighted by Gasteiger charge is -2.37. The van der Waals surface area contributed by atoms with E-state index in [0.717, 1.165) is 31.3 Å². The number of nitrogens with one attached hydrogen (secondary N) is 2. The van der Waals surface area contributed by atoms with Crippen molar-refractivity contribution in [2.75, 3.05) is 33.4 Å². The molecule has 138 valence electrons. The zero-order valence-corrected chi connectivity index (χ0v) is 15.8. The number of fused-ring (bicyclic) bond motifs is 1. The number of methoxy groups -OCH3 is 1. The Bertz CT molecular complexity index is 797. The van der Waals surface area contributed by atoms with Crippen LogP contribution in [0.25, 0.3) is 10.8 Å². The normalized spacial score (nSPS) is 17.2. The Hall–Kier alpha value is -1.25. The zero-order valence-electron chi connectivity index (χ0n) is 14.2. The molecule has 1 aromatic carbocycles. The number of nitrogens with zero attached hydrogens (tertiary/aromatic N) is 1. The van der Waals surface area contributed by atoms with E-state index in [2.05, 4.69) is 15.0 Å². The molecule has 1 aliphatic heterocycles. The molecular weight excluding hydrogens is 362 g/mol. The first-order valence-electron chi connectivity index (χ1n) is 8.08. The highest BCUT2D eigenvalue weighted by atomic mass is 35.5. The van der Waals surface area contributed by atoms with Gasteiger partial charge in [-0.3, -0.25) is 4.98 Å². The summed E-state index contributed by atoms with van der Waals surface area (Å²) < 4.78 is 33.9. The highest BCUT2D eigenvalue weighted by molar-refractivity contribution is 7.89. The monoisotopic (exact) mass is 385 g/mol. The summed E-state index contributed by atoms with van der Waals surface area (Å²) in [5, 5.41) is 4.81. The molecule has 0 saturated carbocycles. The molecule has 25 heavy (non-hydrogen) atoms. The van der Waals surface area contributed by atoms with Crippen molar-refractivity contribution in [2.24, 2.45) is 5.41 Å². The Morgan fingerprint density at radius 3 is 2.76 bits per heavy atom. The smallest absolute Gasteiger partial charge is 0.241 e. The Labute approximate surface area is 154 Å². The molecule has 1 saturated heterocycles. The van der Waals surface area contributed by atoms with Gasteiger partial charge in [0.05, 0.1) is 11.5 Å². The number of hydrogen-bond acceptors (Lipinski definition) is 5. The molecule has 0 atom stereocenters. The van der Waals surface area contributed by atoms with Crippen molar-refractivity contribution in [2.45, 2.75) is 17.7 Å². The molecule has 3 rings (SSSR count). The van der Waals surface area contributed by atoms with Crippen LogP contribution < -0.4 is 10.0 Å². The van der Waals surface area contributed by atoms with Crippen LogP contribution in [0.2, 0.25) is 0 Å². The van der Waals surface area contributed by atoms with E-state index in [4.69, 9.17) is 4.74 Å². The van der Waals surface area contributed by atoms with Gasteiger partial charge in [-0.2, -0.15) is 0 Å². The van der Waals surface area contributed by atoms with E-state index >= 15 is 0 Å². The minimum Gasteiger partial charge on any atom is -0.384 e. The van der Waals surface area contributed by atoms with Gasteiger partial charge in [0, 0.05) is 42.2 Å². The molecule has 0 amide bonds. The number of hydrogen-bond donors (Lipinski definition) is 2. The van der Waals surface area contributed by atoms with Gasteiger partial charge in [0.15, 0.2) is 0 Å². The number of benzene rings is 1. The quantitative estimate of drug-likeness (QED) is 0.794. The van der Waals surface area contributed by atoms with Crippen molar-refractivity contribution in [3.05, 3.63) is 36.7 Å². The second-order valence-electron chi connectivity index (χ2n) is 6.36. The number of halogens is 1. The SMILES string of the molecule is COCC1(CNS(=O)(=O)c2cccc3cnccc23)CCNCC1.Cl. The van der Waals surface area contributed by atoms with Crippen LogP contribution in [0.1, 0.15) is 12.8 Å². The molecule has 1 aliphatic rings. The summed E-state index contributed by atoms with van der Waals surface area (Å²) in [7, 11) is -1.93. The van der Waals surface area contributed by atoms with Crippen LogP contribution in [0.5, 0.6) is 0 Å². The number of pyridine rings is 1. The third kappa shape index (κ3) is 4.48. The van der Waals surface area contributed by atoms with Gasteiger partial charge in [-0.05, 0) is 38.1 Å². The first-order chi connectivity index (χ1) is 11.6. The van der Waals surface area contributed by atoms with Crippen LogP contribution in [0.3, 0.4) is 0 Å². The van der Waals surface area contributed by atoms with Gasteiger partial charge in [0.2, 0.25) is 10.0 Å². The highest BCUT2D eigenvalue weighted by Crippen LogP contribution is 2.29. The fourth-order valence-corrected chi connectivity index (χ4v) is 4.67. The standard InChI is InChI=1S/C17H23N3O3S.ClH/c1-23-13-17(6-9-18-10-7-17)12-20-24(21,22)16-4-2-3-14-11-19-8-5-15(14)16;/h2-5,8,11,18,20H,6-7,9-10,12-13H2,1H3;1H. The Balaban J connectivity index is 0.00000225. The molecule has 0 bridgehead atoms. The maximum Gasteiger partial charge on any atom is 0.241 e. The van der Waals surface area contributed by atoms with Crippen molar-refractivity contribution in [3.8, 4) is 0 Å². The Morgan fingerprint density at radius 1 is 1.28 bits per heavy atom. The zero-order chi connectivity index (χ0) is 17.0. The second kappa shape index (κ2) is 8.42. The summed E-state index contributed by atoms with van der Waals surface area (Å²) in [6, 6.07) is 6.98. The van der Waals surface area contributed by atoms with Crippen LogP contribution in [0.4, 0.5) is 0 Å². The Kier molecular flexibility index (Phi) is 6.76. The summed E-state index contributed by atoms with van der Waals surface area (Å²) in [4.78, 5) is 4.35. The maximum absolute atomic E-state index is 12.8. The average Bonchev–Trinajstić information content (AvgIpc) is 2.61. The van der Waals surface area contributed by atoms with Crippen LogP contribution in [-0.4, -0.2) is 46.8 Å². The molecule has 1 aromatic heterocycles. The number of rotatable bonds is 6. The first-order valence-corrected chi connectivity index (χ1v) is 9.57. The van der Waals surface area contributed by atoms with E-state index in [1.54, 1.807) is 37.7 Å². The third-order valence-electron chi connectivity index (χ3n) is 4.68. The molecule has 0 aliphatic carbocycles.